The lowest BCUT2D eigenvalue weighted by Gasteiger charge is -2.16. The average Bonchev–Trinajstić information content (AvgIpc) is 1.86. The fourth-order valence-corrected chi connectivity index (χ4v) is 0.678. The Morgan fingerprint density at radius 2 is 2.09 bits per heavy atom. The van der Waals surface area contributed by atoms with E-state index in [0.29, 0.717) is 6.04 Å². The van der Waals surface area contributed by atoms with E-state index in [-0.39, 0.29) is 5.91 Å². The first-order valence-electron chi connectivity index (χ1n) is 3.99. The molecule has 0 fully saturated rings. The van der Waals surface area contributed by atoms with Gasteiger partial charge in [-0.05, 0) is 0 Å². The molecule has 0 rings (SSSR count). The van der Waals surface area contributed by atoms with Gasteiger partial charge in [-0.25, -0.2) is 0 Å². The Bertz CT molecular complexity index is 123. The van der Waals surface area contributed by atoms with Crippen molar-refractivity contribution in [1.82, 2.24) is 10.2 Å². The van der Waals surface area contributed by atoms with E-state index in [0.717, 1.165) is 13.1 Å². The number of amides is 1. The molecule has 0 bridgehead atoms. The Morgan fingerprint density at radius 1 is 1.55 bits per heavy atom. The number of carbonyl (C=O) groups is 1. The number of carbonyl (C=O) groups excluding carboxylic acids is 1. The summed E-state index contributed by atoms with van der Waals surface area (Å²) >= 11 is 0. The molecule has 1 N–H and O–H groups in total. The van der Waals surface area contributed by atoms with Crippen molar-refractivity contribution in [1.29, 1.82) is 0 Å². The van der Waals surface area contributed by atoms with Gasteiger partial charge in [-0.2, -0.15) is 0 Å². The minimum atomic E-state index is 0.121. The molecule has 0 radical (unpaired) electrons. The second kappa shape index (κ2) is 5.13. The van der Waals surface area contributed by atoms with E-state index < -0.39 is 0 Å². The Balaban J connectivity index is 3.31. The second-order valence-corrected chi connectivity index (χ2v) is 3.05. The molecule has 0 saturated carbocycles. The quantitative estimate of drug-likeness (QED) is 0.644. The maximum absolute atomic E-state index is 10.7. The summed E-state index contributed by atoms with van der Waals surface area (Å²) in [6.45, 7) is 7.41. The zero-order valence-electron chi connectivity index (χ0n) is 7.85. The van der Waals surface area contributed by atoms with Gasteiger partial charge in [-0.3, -0.25) is 4.79 Å². The number of rotatable bonds is 4. The molecule has 0 unspecified atom stereocenters. The first-order chi connectivity index (χ1) is 5.04. The van der Waals surface area contributed by atoms with Crippen LogP contribution < -0.4 is 5.32 Å². The Hall–Kier alpha value is -0.570. The van der Waals surface area contributed by atoms with E-state index >= 15 is 0 Å². The summed E-state index contributed by atoms with van der Waals surface area (Å²) in [5, 5.41) is 3.24. The third kappa shape index (κ3) is 5.85. The molecule has 0 saturated heterocycles. The van der Waals surface area contributed by atoms with E-state index in [9.17, 15) is 4.79 Å². The summed E-state index contributed by atoms with van der Waals surface area (Å²) < 4.78 is 0. The lowest BCUT2D eigenvalue weighted by molar-refractivity contribution is -0.127. The van der Waals surface area contributed by atoms with E-state index in [4.69, 9.17) is 0 Å². The van der Waals surface area contributed by atoms with Gasteiger partial charge in [0, 0.05) is 33.1 Å². The fraction of sp³-hybridized carbons (Fsp3) is 0.875. The van der Waals surface area contributed by atoms with Crippen LogP contribution in [0.15, 0.2) is 0 Å². The molecule has 0 aromatic carbocycles. The highest BCUT2D eigenvalue weighted by Gasteiger charge is 2.00. The predicted molar refractivity (Wildman–Crippen MR) is 46.4 cm³/mol. The summed E-state index contributed by atoms with van der Waals surface area (Å²) in [6, 6.07) is 0.496. The van der Waals surface area contributed by atoms with Crippen LogP contribution in [0.1, 0.15) is 20.8 Å². The van der Waals surface area contributed by atoms with Gasteiger partial charge in [0.2, 0.25) is 5.91 Å². The number of nitrogens with one attached hydrogen (secondary N) is 1. The van der Waals surface area contributed by atoms with Crippen LogP contribution in [0, 0.1) is 0 Å². The van der Waals surface area contributed by atoms with Gasteiger partial charge < -0.3 is 10.2 Å². The largest absolute Gasteiger partial charge is 0.345 e. The minimum absolute atomic E-state index is 0.121. The third-order valence-corrected chi connectivity index (χ3v) is 1.54. The van der Waals surface area contributed by atoms with Gasteiger partial charge >= 0.3 is 0 Å². The van der Waals surface area contributed by atoms with Gasteiger partial charge in [0.25, 0.3) is 0 Å². The van der Waals surface area contributed by atoms with Crippen LogP contribution in [0.3, 0.4) is 0 Å². The van der Waals surface area contributed by atoms with Crippen molar-refractivity contribution in [2.75, 3.05) is 20.1 Å². The molecule has 1 amide bonds. The predicted octanol–water partition coefficient (Wildman–Crippen LogP) is 0.463. The van der Waals surface area contributed by atoms with Crippen LogP contribution in [0.5, 0.6) is 0 Å². The van der Waals surface area contributed by atoms with Crippen LogP contribution in [0.2, 0.25) is 0 Å². The Kier molecular flexibility index (Phi) is 4.86. The Morgan fingerprint density at radius 3 is 2.45 bits per heavy atom. The fourth-order valence-electron chi connectivity index (χ4n) is 0.678. The topological polar surface area (TPSA) is 32.3 Å². The monoisotopic (exact) mass is 158 g/mol. The molecular formula is C8H18N2O. The van der Waals surface area contributed by atoms with Crippen molar-refractivity contribution >= 4 is 5.91 Å². The molecular weight excluding hydrogens is 140 g/mol. The highest BCUT2D eigenvalue weighted by Crippen LogP contribution is 1.82. The molecule has 0 aliphatic heterocycles. The van der Waals surface area contributed by atoms with Crippen molar-refractivity contribution in [2.24, 2.45) is 0 Å². The lowest BCUT2D eigenvalue weighted by atomic mass is 10.4. The normalized spacial score (nSPS) is 10.3. The smallest absolute Gasteiger partial charge is 0.219 e. The molecule has 0 aliphatic rings. The highest BCUT2D eigenvalue weighted by atomic mass is 16.2. The van der Waals surface area contributed by atoms with Crippen molar-refractivity contribution < 1.29 is 4.79 Å². The van der Waals surface area contributed by atoms with E-state index in [2.05, 4.69) is 19.2 Å². The maximum Gasteiger partial charge on any atom is 0.219 e. The van der Waals surface area contributed by atoms with Crippen molar-refractivity contribution in [2.45, 2.75) is 26.8 Å². The molecule has 11 heavy (non-hydrogen) atoms. The zero-order valence-corrected chi connectivity index (χ0v) is 7.85. The SMILES string of the molecule is CC(=O)N(C)CCNC(C)C. The van der Waals surface area contributed by atoms with Crippen LogP contribution >= 0.6 is 0 Å². The Labute approximate surface area is 68.8 Å². The summed E-state index contributed by atoms with van der Waals surface area (Å²) in [5.41, 5.74) is 0. The molecule has 0 aromatic rings. The molecule has 0 atom stereocenters. The first-order valence-corrected chi connectivity index (χ1v) is 3.99. The van der Waals surface area contributed by atoms with Crippen LogP contribution in [-0.2, 0) is 4.79 Å². The summed E-state index contributed by atoms with van der Waals surface area (Å²) in [6.07, 6.45) is 0. The molecule has 3 nitrogen and oxygen atoms in total. The van der Waals surface area contributed by atoms with Gasteiger partial charge in [-0.15, -0.1) is 0 Å². The summed E-state index contributed by atoms with van der Waals surface area (Å²) in [4.78, 5) is 12.4. The van der Waals surface area contributed by atoms with Crippen molar-refractivity contribution in [3.8, 4) is 0 Å². The number of likely N-dealkylation sites (N-methyl/N-ethyl adjacent to an activating group) is 1. The highest BCUT2D eigenvalue weighted by molar-refractivity contribution is 5.72. The minimum Gasteiger partial charge on any atom is -0.345 e. The van der Waals surface area contributed by atoms with Crippen molar-refractivity contribution in [3.05, 3.63) is 0 Å². The molecule has 66 valence electrons. The van der Waals surface area contributed by atoms with Crippen LogP contribution in [0.25, 0.3) is 0 Å². The second-order valence-electron chi connectivity index (χ2n) is 3.05. The molecule has 3 heteroatoms. The molecule has 0 aliphatic carbocycles. The maximum atomic E-state index is 10.7. The van der Waals surface area contributed by atoms with Crippen LogP contribution in [-0.4, -0.2) is 37.0 Å². The third-order valence-electron chi connectivity index (χ3n) is 1.54. The summed E-state index contributed by atoms with van der Waals surface area (Å²) in [7, 11) is 1.81. The standard InChI is InChI=1S/C8H18N2O/c1-7(2)9-5-6-10(4)8(3)11/h7,9H,5-6H2,1-4H3. The van der Waals surface area contributed by atoms with E-state index in [1.54, 1.807) is 11.8 Å². The van der Waals surface area contributed by atoms with Gasteiger partial charge in [-0.1, -0.05) is 13.8 Å². The zero-order chi connectivity index (χ0) is 8.85. The summed E-state index contributed by atoms with van der Waals surface area (Å²) in [5.74, 6) is 0.121. The van der Waals surface area contributed by atoms with Gasteiger partial charge in [0.05, 0.1) is 0 Å². The number of hydrogen-bond donors (Lipinski definition) is 1. The van der Waals surface area contributed by atoms with Crippen LogP contribution in [0.4, 0.5) is 0 Å². The number of hydrogen-bond acceptors (Lipinski definition) is 2. The lowest BCUT2D eigenvalue weighted by Crippen LogP contribution is -2.34. The average molecular weight is 158 g/mol. The number of nitrogens with zero attached hydrogens (tertiary/aromatic N) is 1. The van der Waals surface area contributed by atoms with Gasteiger partial charge in [0.1, 0.15) is 0 Å². The van der Waals surface area contributed by atoms with E-state index in [1.165, 1.54) is 0 Å². The first kappa shape index (κ1) is 10.4. The molecule has 0 heterocycles. The van der Waals surface area contributed by atoms with Crippen molar-refractivity contribution in [3.63, 3.8) is 0 Å². The molecule has 0 aromatic heterocycles. The molecule has 0 spiro atoms. The van der Waals surface area contributed by atoms with E-state index in [1.807, 2.05) is 7.05 Å². The van der Waals surface area contributed by atoms with Gasteiger partial charge in [0.15, 0.2) is 0 Å².